The van der Waals surface area contributed by atoms with Crippen molar-refractivity contribution in [2.45, 2.75) is 6.42 Å². The van der Waals surface area contributed by atoms with Crippen molar-refractivity contribution in [1.29, 1.82) is 0 Å². The molecule has 7 N–H and O–H groups in total. The fourth-order valence-corrected chi connectivity index (χ4v) is 1.23. The number of para-hydroxylation sites is 1. The molecular formula is C10H15N5O. The number of hydrogen-bond donors (Lipinski definition) is 4. The topological polar surface area (TPSA) is 123 Å². The summed E-state index contributed by atoms with van der Waals surface area (Å²) in [4.78, 5) is 7.66. The summed E-state index contributed by atoms with van der Waals surface area (Å²) in [5.41, 5.74) is 17.4. The summed E-state index contributed by atoms with van der Waals surface area (Å²) in [6.45, 7) is 0.0503. The third-order valence-electron chi connectivity index (χ3n) is 1.85. The Morgan fingerprint density at radius 2 is 1.88 bits per heavy atom. The number of guanidine groups is 2. The average molecular weight is 221 g/mol. The quantitative estimate of drug-likeness (QED) is 0.403. The summed E-state index contributed by atoms with van der Waals surface area (Å²) < 4.78 is 0. The summed E-state index contributed by atoms with van der Waals surface area (Å²) in [5, 5.41) is 8.88. The molecule has 0 spiro atoms. The zero-order valence-corrected chi connectivity index (χ0v) is 8.80. The highest BCUT2D eigenvalue weighted by molar-refractivity contribution is 5.93. The van der Waals surface area contributed by atoms with Gasteiger partial charge in [0.15, 0.2) is 5.96 Å². The Hall–Kier alpha value is -2.08. The number of benzene rings is 1. The largest absolute Gasteiger partial charge is 0.396 e. The van der Waals surface area contributed by atoms with Crippen molar-refractivity contribution in [1.82, 2.24) is 0 Å². The minimum atomic E-state index is -0.138. The van der Waals surface area contributed by atoms with E-state index in [1.165, 1.54) is 0 Å². The summed E-state index contributed by atoms with van der Waals surface area (Å²) in [5.74, 6) is -0.147. The summed E-state index contributed by atoms with van der Waals surface area (Å²) >= 11 is 0. The van der Waals surface area contributed by atoms with E-state index in [9.17, 15) is 0 Å². The Balaban J connectivity index is 2.99. The van der Waals surface area contributed by atoms with E-state index in [-0.39, 0.29) is 18.5 Å². The maximum absolute atomic E-state index is 8.88. The van der Waals surface area contributed by atoms with Gasteiger partial charge in [-0.1, -0.05) is 18.2 Å². The van der Waals surface area contributed by atoms with Crippen LogP contribution in [0, 0.1) is 0 Å². The van der Waals surface area contributed by atoms with Gasteiger partial charge in [-0.3, -0.25) is 0 Å². The van der Waals surface area contributed by atoms with Gasteiger partial charge in [0.1, 0.15) is 0 Å². The smallest absolute Gasteiger partial charge is 0.223 e. The molecule has 0 fully saturated rings. The van der Waals surface area contributed by atoms with Crippen molar-refractivity contribution in [3.8, 4) is 0 Å². The minimum Gasteiger partial charge on any atom is -0.396 e. The number of nitrogens with two attached hydrogens (primary N) is 3. The van der Waals surface area contributed by atoms with Crippen LogP contribution in [-0.2, 0) is 6.42 Å². The zero-order valence-electron chi connectivity index (χ0n) is 8.80. The molecule has 6 nitrogen and oxygen atoms in total. The Morgan fingerprint density at radius 1 is 1.19 bits per heavy atom. The highest BCUT2D eigenvalue weighted by atomic mass is 16.2. The SMILES string of the molecule is NC(N)=NC(N)=Nc1ccccc1CCO. The predicted molar refractivity (Wildman–Crippen MR) is 64.3 cm³/mol. The maximum Gasteiger partial charge on any atom is 0.223 e. The van der Waals surface area contributed by atoms with Crippen molar-refractivity contribution in [3.05, 3.63) is 29.8 Å². The van der Waals surface area contributed by atoms with Crippen LogP contribution in [0.4, 0.5) is 5.69 Å². The van der Waals surface area contributed by atoms with E-state index < -0.39 is 0 Å². The summed E-state index contributed by atoms with van der Waals surface area (Å²) in [7, 11) is 0. The van der Waals surface area contributed by atoms with Gasteiger partial charge in [0.25, 0.3) is 0 Å². The second kappa shape index (κ2) is 5.72. The Bertz CT molecular complexity index is 409. The molecule has 0 aliphatic carbocycles. The second-order valence-electron chi connectivity index (χ2n) is 3.11. The molecule has 0 aliphatic heterocycles. The van der Waals surface area contributed by atoms with E-state index in [4.69, 9.17) is 22.3 Å². The average Bonchev–Trinajstić information content (AvgIpc) is 2.20. The van der Waals surface area contributed by atoms with Crippen LogP contribution in [0.5, 0.6) is 0 Å². The third kappa shape index (κ3) is 3.58. The molecule has 0 radical (unpaired) electrons. The second-order valence-corrected chi connectivity index (χ2v) is 3.11. The number of nitrogens with zero attached hydrogens (tertiary/aromatic N) is 2. The molecule has 0 saturated carbocycles. The molecular weight excluding hydrogens is 206 g/mol. The number of aliphatic hydroxyl groups excluding tert-OH is 1. The molecule has 0 atom stereocenters. The zero-order chi connectivity index (χ0) is 12.0. The van der Waals surface area contributed by atoms with Crippen molar-refractivity contribution in [2.24, 2.45) is 27.2 Å². The standard InChI is InChI=1S/C10H15N5O/c11-9(12)15-10(13)14-8-4-2-1-3-7(8)5-6-16/h1-4,16H,5-6H2,(H6,11,12,13,14,15). The first-order chi connectivity index (χ1) is 7.63. The van der Waals surface area contributed by atoms with Crippen LogP contribution >= 0.6 is 0 Å². The van der Waals surface area contributed by atoms with E-state index in [0.29, 0.717) is 12.1 Å². The number of hydrogen-bond acceptors (Lipinski definition) is 2. The molecule has 0 heterocycles. The Morgan fingerprint density at radius 3 is 2.50 bits per heavy atom. The fraction of sp³-hybridized carbons (Fsp3) is 0.200. The molecule has 16 heavy (non-hydrogen) atoms. The van der Waals surface area contributed by atoms with Crippen LogP contribution in [-0.4, -0.2) is 23.6 Å². The lowest BCUT2D eigenvalue weighted by Gasteiger charge is -2.03. The van der Waals surface area contributed by atoms with Crippen LogP contribution in [0.3, 0.4) is 0 Å². The van der Waals surface area contributed by atoms with Gasteiger partial charge in [-0.2, -0.15) is 4.99 Å². The first-order valence-corrected chi connectivity index (χ1v) is 4.76. The van der Waals surface area contributed by atoms with Crippen LogP contribution in [0.1, 0.15) is 5.56 Å². The van der Waals surface area contributed by atoms with E-state index in [1.807, 2.05) is 18.2 Å². The van der Waals surface area contributed by atoms with Gasteiger partial charge in [-0.05, 0) is 18.1 Å². The lowest BCUT2D eigenvalue weighted by molar-refractivity contribution is 0.300. The van der Waals surface area contributed by atoms with E-state index in [0.717, 1.165) is 5.56 Å². The molecule has 0 bridgehead atoms. The molecule has 6 heteroatoms. The monoisotopic (exact) mass is 221 g/mol. The predicted octanol–water partition coefficient (Wildman–Crippen LogP) is -0.559. The van der Waals surface area contributed by atoms with Crippen molar-refractivity contribution in [2.75, 3.05) is 6.61 Å². The number of rotatable bonds is 3. The number of aliphatic hydroxyl groups is 1. The molecule has 0 aliphatic rings. The van der Waals surface area contributed by atoms with Crippen molar-refractivity contribution >= 4 is 17.6 Å². The molecule has 1 rings (SSSR count). The van der Waals surface area contributed by atoms with Crippen LogP contribution < -0.4 is 17.2 Å². The third-order valence-corrected chi connectivity index (χ3v) is 1.85. The van der Waals surface area contributed by atoms with Gasteiger partial charge in [-0.25, -0.2) is 4.99 Å². The van der Waals surface area contributed by atoms with Crippen LogP contribution in [0.2, 0.25) is 0 Å². The molecule has 0 amide bonds. The molecule has 1 aromatic rings. The number of aliphatic imine (C=N–C) groups is 2. The van der Waals surface area contributed by atoms with Gasteiger partial charge in [0, 0.05) is 6.61 Å². The van der Waals surface area contributed by atoms with Gasteiger partial charge in [0.2, 0.25) is 5.96 Å². The van der Waals surface area contributed by atoms with E-state index >= 15 is 0 Å². The lowest BCUT2D eigenvalue weighted by Crippen LogP contribution is -2.26. The maximum atomic E-state index is 8.88. The van der Waals surface area contributed by atoms with Gasteiger partial charge in [0.05, 0.1) is 5.69 Å². The molecule has 0 aromatic heterocycles. The first kappa shape index (κ1) is 12.0. The first-order valence-electron chi connectivity index (χ1n) is 4.76. The van der Waals surface area contributed by atoms with Crippen molar-refractivity contribution < 1.29 is 5.11 Å². The van der Waals surface area contributed by atoms with Gasteiger partial charge in [-0.15, -0.1) is 0 Å². The highest BCUT2D eigenvalue weighted by Gasteiger charge is 2.00. The van der Waals surface area contributed by atoms with E-state index in [1.54, 1.807) is 6.07 Å². The minimum absolute atomic E-state index is 0.00890. The molecule has 86 valence electrons. The highest BCUT2D eigenvalue weighted by Crippen LogP contribution is 2.18. The fourth-order valence-electron chi connectivity index (χ4n) is 1.23. The Labute approximate surface area is 93.5 Å². The summed E-state index contributed by atoms with van der Waals surface area (Å²) in [6, 6.07) is 7.32. The Kier molecular flexibility index (Phi) is 4.28. The van der Waals surface area contributed by atoms with Gasteiger partial charge >= 0.3 is 0 Å². The van der Waals surface area contributed by atoms with Crippen molar-refractivity contribution in [3.63, 3.8) is 0 Å². The van der Waals surface area contributed by atoms with E-state index in [2.05, 4.69) is 9.98 Å². The van der Waals surface area contributed by atoms with Gasteiger partial charge < -0.3 is 22.3 Å². The molecule has 1 aromatic carbocycles. The summed E-state index contributed by atoms with van der Waals surface area (Å²) in [6.07, 6.45) is 0.509. The lowest BCUT2D eigenvalue weighted by atomic mass is 10.1. The van der Waals surface area contributed by atoms with Crippen LogP contribution in [0.25, 0.3) is 0 Å². The molecule has 0 unspecified atom stereocenters. The van der Waals surface area contributed by atoms with Crippen LogP contribution in [0.15, 0.2) is 34.3 Å². The molecule has 0 saturated heterocycles. The normalized spacial score (nSPS) is 11.2.